The maximum absolute atomic E-state index is 10.2. The van der Waals surface area contributed by atoms with Gasteiger partial charge in [0.25, 0.3) is 0 Å². The summed E-state index contributed by atoms with van der Waals surface area (Å²) in [6, 6.07) is 3.80. The molecule has 0 saturated heterocycles. The highest BCUT2D eigenvalue weighted by Gasteiger charge is 2.26. The molecule has 8 nitrogen and oxygen atoms in total. The summed E-state index contributed by atoms with van der Waals surface area (Å²) in [4.78, 5) is 8.96. The molecular weight excluding hydrogens is 358 g/mol. The van der Waals surface area contributed by atoms with Crippen molar-refractivity contribution in [2.24, 2.45) is 0 Å². The molecule has 28 heavy (non-hydrogen) atoms. The van der Waals surface area contributed by atoms with Gasteiger partial charge in [0.15, 0.2) is 11.5 Å². The van der Waals surface area contributed by atoms with E-state index in [1.165, 1.54) is 0 Å². The highest BCUT2D eigenvalue weighted by Crippen LogP contribution is 2.46. The van der Waals surface area contributed by atoms with Crippen molar-refractivity contribution in [1.29, 1.82) is 0 Å². The minimum Gasteiger partial charge on any atom is -0.453 e. The molecule has 1 atom stereocenters. The number of aromatic nitrogens is 2. The van der Waals surface area contributed by atoms with E-state index in [0.717, 1.165) is 39.6 Å². The van der Waals surface area contributed by atoms with Gasteiger partial charge in [-0.3, -0.25) is 0 Å². The number of rotatable bonds is 4. The van der Waals surface area contributed by atoms with Crippen LogP contribution < -0.4 is 25.4 Å². The van der Waals surface area contributed by atoms with Crippen LogP contribution in [0.15, 0.2) is 18.2 Å². The van der Waals surface area contributed by atoms with Crippen molar-refractivity contribution in [3.63, 3.8) is 0 Å². The van der Waals surface area contributed by atoms with Gasteiger partial charge in [0.05, 0.1) is 6.10 Å². The highest BCUT2D eigenvalue weighted by molar-refractivity contribution is 5.82. The Morgan fingerprint density at radius 1 is 1.21 bits per heavy atom. The predicted molar refractivity (Wildman–Crippen MR) is 108 cm³/mol. The van der Waals surface area contributed by atoms with E-state index in [-0.39, 0.29) is 6.79 Å². The Hall–Kier alpha value is -2.84. The lowest BCUT2D eigenvalue weighted by Gasteiger charge is -2.18. The second-order valence-corrected chi connectivity index (χ2v) is 7.00. The van der Waals surface area contributed by atoms with Gasteiger partial charge >= 0.3 is 0 Å². The van der Waals surface area contributed by atoms with Crippen LogP contribution in [0.3, 0.4) is 0 Å². The normalized spacial score (nSPS) is 18.4. The van der Waals surface area contributed by atoms with Crippen molar-refractivity contribution in [2.45, 2.75) is 26.4 Å². The fraction of sp³-hybridized carbons (Fsp3) is 0.400. The summed E-state index contributed by atoms with van der Waals surface area (Å²) < 4.78 is 11.4. The number of nitrogens with zero attached hydrogens (tertiary/aromatic N) is 2. The van der Waals surface area contributed by atoms with E-state index in [1.807, 2.05) is 33.0 Å². The molecule has 0 unspecified atom stereocenters. The van der Waals surface area contributed by atoms with Crippen LogP contribution in [-0.2, 0) is 0 Å². The van der Waals surface area contributed by atoms with Crippen LogP contribution >= 0.6 is 0 Å². The Bertz CT molecular complexity index is 929. The Balaban J connectivity index is 1.77. The lowest BCUT2D eigenvalue weighted by Crippen LogP contribution is -2.24. The van der Waals surface area contributed by atoms with Crippen LogP contribution in [0.2, 0.25) is 0 Å². The Morgan fingerprint density at radius 2 is 2.07 bits per heavy atom. The van der Waals surface area contributed by atoms with Gasteiger partial charge in [0.1, 0.15) is 5.82 Å². The summed E-state index contributed by atoms with van der Waals surface area (Å²) in [5, 5.41) is 19.8. The van der Waals surface area contributed by atoms with Gasteiger partial charge in [0, 0.05) is 55.6 Å². The smallest absolute Gasteiger partial charge is 0.231 e. The number of ether oxygens (including phenoxy) is 2. The molecular formula is C20H25N5O3. The molecule has 2 aliphatic heterocycles. The fourth-order valence-electron chi connectivity index (χ4n) is 3.58. The molecule has 2 aromatic rings. The van der Waals surface area contributed by atoms with Crippen LogP contribution in [-0.4, -0.2) is 48.1 Å². The Morgan fingerprint density at radius 3 is 2.89 bits per heavy atom. The molecule has 4 N–H and O–H groups in total. The van der Waals surface area contributed by atoms with Gasteiger partial charge in [-0.2, -0.15) is 4.98 Å². The molecule has 3 heterocycles. The molecule has 0 radical (unpaired) electrons. The van der Waals surface area contributed by atoms with Crippen molar-refractivity contribution in [3.8, 4) is 11.5 Å². The lowest BCUT2D eigenvalue weighted by molar-refractivity contribution is 0.173. The van der Waals surface area contributed by atoms with Crippen molar-refractivity contribution in [1.82, 2.24) is 15.3 Å². The van der Waals surface area contributed by atoms with E-state index in [2.05, 4.69) is 32.0 Å². The molecule has 1 aromatic heterocycles. The lowest BCUT2D eigenvalue weighted by atomic mass is 9.93. The number of anilines is 3. The SMILES string of the molecule is CNc1cc(C)nc(Nc2cc3c(c(C4=CCNC[C@@H](O)C4)c2C)OCO3)n1. The third kappa shape index (κ3) is 3.61. The first-order valence-electron chi connectivity index (χ1n) is 9.37. The zero-order valence-electron chi connectivity index (χ0n) is 16.3. The molecule has 8 heteroatoms. The zero-order valence-corrected chi connectivity index (χ0v) is 16.3. The average Bonchev–Trinajstić information content (AvgIpc) is 3.01. The van der Waals surface area contributed by atoms with Crippen molar-refractivity contribution in [2.75, 3.05) is 37.6 Å². The number of aliphatic hydroxyl groups excluding tert-OH is 1. The van der Waals surface area contributed by atoms with Crippen molar-refractivity contribution >= 4 is 23.0 Å². The quantitative estimate of drug-likeness (QED) is 0.638. The van der Waals surface area contributed by atoms with Crippen molar-refractivity contribution < 1.29 is 14.6 Å². The third-order valence-corrected chi connectivity index (χ3v) is 4.93. The maximum Gasteiger partial charge on any atom is 0.231 e. The monoisotopic (exact) mass is 383 g/mol. The predicted octanol–water partition coefficient (Wildman–Crippen LogP) is 2.35. The molecule has 2 aliphatic rings. The summed E-state index contributed by atoms with van der Waals surface area (Å²) in [5.74, 6) is 2.66. The molecule has 0 bridgehead atoms. The maximum atomic E-state index is 10.2. The number of β-amino-alcohol motifs (C(OH)–C–C–N with tert-alkyl or cyclic N) is 1. The molecule has 0 amide bonds. The molecule has 0 aliphatic carbocycles. The highest BCUT2D eigenvalue weighted by atomic mass is 16.7. The van der Waals surface area contributed by atoms with E-state index < -0.39 is 6.10 Å². The van der Waals surface area contributed by atoms with E-state index in [0.29, 0.717) is 31.2 Å². The van der Waals surface area contributed by atoms with E-state index in [9.17, 15) is 5.11 Å². The first-order valence-corrected chi connectivity index (χ1v) is 9.37. The van der Waals surface area contributed by atoms with Crippen LogP contribution in [0.4, 0.5) is 17.5 Å². The summed E-state index contributed by atoms with van der Waals surface area (Å²) in [5.41, 5.74) is 4.71. The average molecular weight is 383 g/mol. The summed E-state index contributed by atoms with van der Waals surface area (Å²) in [6.07, 6.45) is 2.21. The fourth-order valence-corrected chi connectivity index (χ4v) is 3.58. The van der Waals surface area contributed by atoms with Gasteiger partial charge in [-0.05, 0) is 25.0 Å². The summed E-state index contributed by atoms with van der Waals surface area (Å²) in [6.45, 7) is 5.41. The molecule has 148 valence electrons. The van der Waals surface area contributed by atoms with Gasteiger partial charge in [0.2, 0.25) is 12.7 Å². The Labute approximate surface area is 164 Å². The number of aryl methyl sites for hydroxylation is 1. The second kappa shape index (κ2) is 7.65. The van der Waals surface area contributed by atoms with Crippen LogP contribution in [0.25, 0.3) is 5.57 Å². The minimum atomic E-state index is -0.443. The van der Waals surface area contributed by atoms with Crippen molar-refractivity contribution in [3.05, 3.63) is 35.0 Å². The number of nitrogens with one attached hydrogen (secondary N) is 3. The Kier molecular flexibility index (Phi) is 5.06. The number of hydrogen-bond donors (Lipinski definition) is 4. The van der Waals surface area contributed by atoms with E-state index in [4.69, 9.17) is 9.47 Å². The molecule has 0 spiro atoms. The van der Waals surface area contributed by atoms with Gasteiger partial charge < -0.3 is 30.5 Å². The number of fused-ring (bicyclic) bond motifs is 1. The minimum absolute atomic E-state index is 0.185. The number of benzene rings is 1. The second-order valence-electron chi connectivity index (χ2n) is 7.00. The largest absolute Gasteiger partial charge is 0.453 e. The first kappa shape index (κ1) is 18.5. The van der Waals surface area contributed by atoms with Gasteiger partial charge in [-0.1, -0.05) is 6.08 Å². The zero-order chi connectivity index (χ0) is 19.7. The van der Waals surface area contributed by atoms with Gasteiger partial charge in [-0.15, -0.1) is 0 Å². The summed E-state index contributed by atoms with van der Waals surface area (Å²) >= 11 is 0. The third-order valence-electron chi connectivity index (χ3n) is 4.93. The molecule has 0 saturated carbocycles. The standard InChI is InChI=1S/C20H25N5O3/c1-11-6-17(21-3)25-20(23-11)24-15-8-16-19(28-10-27-16)18(12(15)2)13-4-5-22-9-14(26)7-13/h4,6,8,14,22,26H,5,7,9-10H2,1-3H3,(H2,21,23,24,25)/t14-/m0/s1. The van der Waals surface area contributed by atoms with E-state index in [1.54, 1.807) is 0 Å². The number of hydrogen-bond acceptors (Lipinski definition) is 8. The molecule has 1 aromatic carbocycles. The van der Waals surface area contributed by atoms with Gasteiger partial charge in [-0.25, -0.2) is 4.98 Å². The molecule has 4 rings (SSSR count). The van der Waals surface area contributed by atoms with Crippen LogP contribution in [0.5, 0.6) is 11.5 Å². The topological polar surface area (TPSA) is 101 Å². The molecule has 0 fully saturated rings. The van der Waals surface area contributed by atoms with Crippen LogP contribution in [0, 0.1) is 13.8 Å². The number of aliphatic hydroxyl groups is 1. The van der Waals surface area contributed by atoms with Crippen LogP contribution in [0.1, 0.15) is 23.2 Å². The summed E-state index contributed by atoms with van der Waals surface area (Å²) in [7, 11) is 1.83. The van der Waals surface area contributed by atoms with E-state index >= 15 is 0 Å². The first-order chi connectivity index (χ1) is 13.5.